The van der Waals surface area contributed by atoms with Gasteiger partial charge in [-0.25, -0.2) is 8.42 Å². The van der Waals surface area contributed by atoms with E-state index in [9.17, 15) is 13.2 Å². The predicted octanol–water partition coefficient (Wildman–Crippen LogP) is 1.81. The van der Waals surface area contributed by atoms with Crippen LogP contribution >= 0.6 is 36.2 Å². The van der Waals surface area contributed by atoms with Crippen LogP contribution in [0.5, 0.6) is 0 Å². The lowest BCUT2D eigenvalue weighted by Gasteiger charge is -2.20. The molecule has 0 aromatic heterocycles. The SMILES string of the molecule is CSC(=S)N(C)CS(=O)(=O)CC(=O)CN(C)C(=S)c1ccccc1. The van der Waals surface area contributed by atoms with E-state index in [-0.39, 0.29) is 12.4 Å². The zero-order valence-electron chi connectivity index (χ0n) is 13.8. The lowest BCUT2D eigenvalue weighted by Crippen LogP contribution is -2.37. The maximum Gasteiger partial charge on any atom is 0.175 e. The highest BCUT2D eigenvalue weighted by molar-refractivity contribution is 8.22. The van der Waals surface area contributed by atoms with Gasteiger partial charge in [-0.2, -0.15) is 0 Å². The molecule has 0 saturated heterocycles. The van der Waals surface area contributed by atoms with Crippen LogP contribution < -0.4 is 0 Å². The lowest BCUT2D eigenvalue weighted by molar-refractivity contribution is -0.116. The molecule has 0 heterocycles. The molecule has 1 aromatic rings. The molecule has 1 rings (SSSR count). The molecule has 0 amide bonds. The fraction of sp³-hybridized carbons (Fsp3) is 0.400. The van der Waals surface area contributed by atoms with E-state index in [0.29, 0.717) is 9.31 Å². The molecule has 132 valence electrons. The minimum absolute atomic E-state index is 0.0519. The van der Waals surface area contributed by atoms with Gasteiger partial charge in [-0.15, -0.1) is 11.8 Å². The van der Waals surface area contributed by atoms with Gasteiger partial charge in [0.15, 0.2) is 15.6 Å². The molecule has 1 aromatic carbocycles. The van der Waals surface area contributed by atoms with Crippen molar-refractivity contribution in [2.24, 2.45) is 0 Å². The maximum absolute atomic E-state index is 12.1. The van der Waals surface area contributed by atoms with Crippen LogP contribution in [0, 0.1) is 0 Å². The average Bonchev–Trinajstić information content (AvgIpc) is 2.52. The molecule has 0 aliphatic carbocycles. The molecule has 0 aliphatic rings. The summed E-state index contributed by atoms with van der Waals surface area (Å²) in [6.07, 6.45) is 1.77. The number of rotatable bonds is 7. The number of carbonyl (C=O) groups is 1. The van der Waals surface area contributed by atoms with Gasteiger partial charge in [0, 0.05) is 19.7 Å². The van der Waals surface area contributed by atoms with E-state index in [1.54, 1.807) is 25.3 Å². The second-order valence-electron chi connectivity index (χ2n) is 5.25. The fourth-order valence-corrected chi connectivity index (χ4v) is 4.17. The first kappa shape index (κ1) is 21.0. The number of likely N-dealkylation sites (N-methyl/N-ethyl adjacent to an activating group) is 1. The van der Waals surface area contributed by atoms with Crippen molar-refractivity contribution in [2.75, 3.05) is 38.5 Å². The van der Waals surface area contributed by atoms with Gasteiger partial charge >= 0.3 is 0 Å². The molecule has 0 saturated carbocycles. The quantitative estimate of drug-likeness (QED) is 0.638. The van der Waals surface area contributed by atoms with Gasteiger partial charge < -0.3 is 9.80 Å². The summed E-state index contributed by atoms with van der Waals surface area (Å²) >= 11 is 11.6. The molecule has 0 fully saturated rings. The van der Waals surface area contributed by atoms with Crippen molar-refractivity contribution in [3.8, 4) is 0 Å². The molecule has 0 atom stereocenters. The third-order valence-electron chi connectivity index (χ3n) is 3.04. The van der Waals surface area contributed by atoms with Gasteiger partial charge in [0.25, 0.3) is 0 Å². The van der Waals surface area contributed by atoms with E-state index in [1.165, 1.54) is 16.7 Å². The van der Waals surface area contributed by atoms with Crippen LogP contribution in [-0.4, -0.2) is 71.8 Å². The number of thiocarbonyl (C=S) groups is 2. The monoisotopic (exact) mass is 404 g/mol. The highest BCUT2D eigenvalue weighted by Crippen LogP contribution is 2.07. The van der Waals surface area contributed by atoms with Crippen LogP contribution in [0.25, 0.3) is 0 Å². The van der Waals surface area contributed by atoms with Crippen LogP contribution in [0.3, 0.4) is 0 Å². The molecule has 5 nitrogen and oxygen atoms in total. The fourth-order valence-electron chi connectivity index (χ4n) is 1.98. The minimum Gasteiger partial charge on any atom is -0.358 e. The summed E-state index contributed by atoms with van der Waals surface area (Å²) in [5.41, 5.74) is 0.815. The van der Waals surface area contributed by atoms with Crippen LogP contribution in [0.4, 0.5) is 0 Å². The Bertz CT molecular complexity index is 705. The number of Topliss-reactive ketones (excluding diaryl/α,β-unsaturated/α-hetero) is 1. The van der Waals surface area contributed by atoms with Gasteiger partial charge in [0.2, 0.25) is 0 Å². The van der Waals surface area contributed by atoms with Crippen molar-refractivity contribution < 1.29 is 13.2 Å². The number of benzene rings is 1. The van der Waals surface area contributed by atoms with E-state index < -0.39 is 21.4 Å². The number of carbonyl (C=O) groups excluding carboxylic acids is 1. The molecule has 0 unspecified atom stereocenters. The zero-order chi connectivity index (χ0) is 18.3. The molecule has 0 bridgehead atoms. The Hall–Kier alpha value is -1.03. The second kappa shape index (κ2) is 9.45. The summed E-state index contributed by atoms with van der Waals surface area (Å²) in [4.78, 5) is 15.6. The van der Waals surface area contributed by atoms with Crippen LogP contribution in [0.2, 0.25) is 0 Å². The standard InChI is InChI=1S/C15H20N2O3S4/c1-16(14(21)12-7-5-4-6-8-12)9-13(18)10-24(19,20)11-17(2)15(22)23-3/h4-8H,9-11H2,1-3H3. The van der Waals surface area contributed by atoms with Gasteiger partial charge in [0.05, 0.1) is 6.54 Å². The van der Waals surface area contributed by atoms with Gasteiger partial charge in [0.1, 0.15) is 20.9 Å². The van der Waals surface area contributed by atoms with E-state index in [1.807, 2.05) is 30.3 Å². The van der Waals surface area contributed by atoms with Crippen molar-refractivity contribution in [3.63, 3.8) is 0 Å². The number of ketones is 1. The van der Waals surface area contributed by atoms with E-state index in [0.717, 1.165) is 5.56 Å². The summed E-state index contributed by atoms with van der Waals surface area (Å²) < 4.78 is 24.7. The molecule has 0 spiro atoms. The number of hydrogen-bond acceptors (Lipinski definition) is 6. The molecule has 24 heavy (non-hydrogen) atoms. The van der Waals surface area contributed by atoms with Gasteiger partial charge in [-0.1, -0.05) is 54.8 Å². The molecule has 0 aliphatic heterocycles. The lowest BCUT2D eigenvalue weighted by atomic mass is 10.2. The van der Waals surface area contributed by atoms with Crippen LogP contribution in [0.15, 0.2) is 30.3 Å². The Morgan fingerprint density at radius 1 is 1.12 bits per heavy atom. The highest BCUT2D eigenvalue weighted by atomic mass is 32.2. The van der Waals surface area contributed by atoms with Gasteiger partial charge in [-0.3, -0.25) is 4.79 Å². The van der Waals surface area contributed by atoms with E-state index in [2.05, 4.69) is 0 Å². The third-order valence-corrected chi connectivity index (χ3v) is 6.60. The maximum atomic E-state index is 12.1. The summed E-state index contributed by atoms with van der Waals surface area (Å²) in [5, 5.41) is 0. The first-order chi connectivity index (χ1) is 11.2. The smallest absolute Gasteiger partial charge is 0.175 e. The first-order valence-electron chi connectivity index (χ1n) is 6.98. The van der Waals surface area contributed by atoms with E-state index >= 15 is 0 Å². The zero-order valence-corrected chi connectivity index (χ0v) is 17.0. The van der Waals surface area contributed by atoms with Crippen molar-refractivity contribution in [2.45, 2.75) is 0 Å². The second-order valence-corrected chi connectivity index (χ2v) is 9.11. The molecular formula is C15H20N2O3S4. The number of thioether (sulfide) groups is 1. The van der Waals surface area contributed by atoms with Crippen molar-refractivity contribution in [1.29, 1.82) is 0 Å². The van der Waals surface area contributed by atoms with Crippen molar-refractivity contribution >= 4 is 61.1 Å². The Morgan fingerprint density at radius 2 is 1.71 bits per heavy atom. The Labute approximate surface area is 158 Å². The Morgan fingerprint density at radius 3 is 2.25 bits per heavy atom. The summed E-state index contributed by atoms with van der Waals surface area (Å²) in [7, 11) is -0.295. The summed E-state index contributed by atoms with van der Waals surface area (Å²) in [6, 6.07) is 9.27. The number of sulfone groups is 1. The normalized spacial score (nSPS) is 11.0. The molecule has 0 radical (unpaired) electrons. The van der Waals surface area contributed by atoms with Crippen LogP contribution in [0.1, 0.15) is 5.56 Å². The minimum atomic E-state index is -3.57. The van der Waals surface area contributed by atoms with Crippen molar-refractivity contribution in [3.05, 3.63) is 35.9 Å². The van der Waals surface area contributed by atoms with Crippen LogP contribution in [-0.2, 0) is 14.6 Å². The number of nitrogens with zero attached hydrogens (tertiary/aromatic N) is 2. The highest BCUT2D eigenvalue weighted by Gasteiger charge is 2.21. The molecular weight excluding hydrogens is 384 g/mol. The largest absolute Gasteiger partial charge is 0.358 e. The Balaban J connectivity index is 2.61. The first-order valence-corrected chi connectivity index (χ1v) is 10.8. The third kappa shape index (κ3) is 6.84. The molecule has 9 heteroatoms. The summed E-state index contributed by atoms with van der Waals surface area (Å²) in [6.45, 7) is -0.0519. The summed E-state index contributed by atoms with van der Waals surface area (Å²) in [5.74, 6) is -1.21. The predicted molar refractivity (Wildman–Crippen MR) is 108 cm³/mol. The average molecular weight is 405 g/mol. The molecule has 0 N–H and O–H groups in total. The Kier molecular flexibility index (Phi) is 8.28. The van der Waals surface area contributed by atoms with Gasteiger partial charge in [-0.05, 0) is 6.26 Å². The van der Waals surface area contributed by atoms with Crippen molar-refractivity contribution in [1.82, 2.24) is 9.80 Å². The topological polar surface area (TPSA) is 57.7 Å². The number of hydrogen-bond donors (Lipinski definition) is 0. The van der Waals surface area contributed by atoms with E-state index in [4.69, 9.17) is 24.4 Å².